The first-order valence-corrected chi connectivity index (χ1v) is 5.38. The van der Waals surface area contributed by atoms with Gasteiger partial charge in [0, 0.05) is 18.0 Å². The number of benzene rings is 1. The zero-order valence-corrected chi connectivity index (χ0v) is 8.82. The Bertz CT molecular complexity index is 310. The van der Waals surface area contributed by atoms with Crippen molar-refractivity contribution in [2.24, 2.45) is 11.7 Å². The molecule has 15 heavy (non-hydrogen) atoms. The van der Waals surface area contributed by atoms with E-state index in [9.17, 15) is 0 Å². The van der Waals surface area contributed by atoms with E-state index >= 15 is 0 Å². The lowest BCUT2D eigenvalue weighted by Gasteiger charge is -2.25. The van der Waals surface area contributed by atoms with Crippen LogP contribution in [-0.2, 0) is 11.3 Å². The fraction of sp³-hybridized carbons (Fsp3) is 0.500. The number of ether oxygens (including phenoxy) is 2. The predicted octanol–water partition coefficient (Wildman–Crippen LogP) is 1.56. The highest BCUT2D eigenvalue weighted by atomic mass is 16.5. The lowest BCUT2D eigenvalue weighted by atomic mass is 10.1. The van der Waals surface area contributed by atoms with Crippen LogP contribution < -0.4 is 10.5 Å². The van der Waals surface area contributed by atoms with E-state index in [1.165, 1.54) is 0 Å². The minimum atomic E-state index is 0.530. The quantitative estimate of drug-likeness (QED) is 0.797. The van der Waals surface area contributed by atoms with Gasteiger partial charge in [-0.3, -0.25) is 0 Å². The van der Waals surface area contributed by atoms with E-state index in [0.29, 0.717) is 12.5 Å². The molecule has 0 atom stereocenters. The van der Waals surface area contributed by atoms with Crippen LogP contribution in [0.2, 0.25) is 0 Å². The Morgan fingerprint density at radius 3 is 2.80 bits per heavy atom. The van der Waals surface area contributed by atoms with Crippen LogP contribution in [0, 0.1) is 5.92 Å². The summed E-state index contributed by atoms with van der Waals surface area (Å²) in [5, 5.41) is 0. The molecular formula is C12H17NO2. The van der Waals surface area contributed by atoms with Crippen LogP contribution in [0.1, 0.15) is 12.0 Å². The van der Waals surface area contributed by atoms with Gasteiger partial charge < -0.3 is 15.2 Å². The third-order valence-corrected chi connectivity index (χ3v) is 2.68. The highest BCUT2D eigenvalue weighted by Gasteiger charge is 2.17. The van der Waals surface area contributed by atoms with Gasteiger partial charge in [0.05, 0.1) is 19.8 Å². The summed E-state index contributed by atoms with van der Waals surface area (Å²) >= 11 is 0. The fourth-order valence-corrected chi connectivity index (χ4v) is 1.60. The predicted molar refractivity (Wildman–Crippen MR) is 58.8 cm³/mol. The van der Waals surface area contributed by atoms with Gasteiger partial charge in [0.1, 0.15) is 5.75 Å². The number of hydrogen-bond donors (Lipinski definition) is 1. The smallest absolute Gasteiger partial charge is 0.123 e. The second-order valence-corrected chi connectivity index (χ2v) is 3.85. The fourth-order valence-electron chi connectivity index (χ4n) is 1.60. The SMILES string of the molecule is NCc1ccccc1OCCC1COC1. The summed E-state index contributed by atoms with van der Waals surface area (Å²) in [4.78, 5) is 0. The van der Waals surface area contributed by atoms with Crippen LogP contribution in [0.5, 0.6) is 5.75 Å². The van der Waals surface area contributed by atoms with Gasteiger partial charge in [0.25, 0.3) is 0 Å². The van der Waals surface area contributed by atoms with Crippen LogP contribution in [0.3, 0.4) is 0 Å². The number of nitrogens with two attached hydrogens (primary N) is 1. The molecule has 0 aliphatic carbocycles. The molecule has 1 aliphatic rings. The van der Waals surface area contributed by atoms with Crippen molar-refractivity contribution >= 4 is 0 Å². The van der Waals surface area contributed by atoms with E-state index in [-0.39, 0.29) is 0 Å². The maximum atomic E-state index is 5.70. The van der Waals surface area contributed by atoms with Crippen LogP contribution in [-0.4, -0.2) is 19.8 Å². The highest BCUT2D eigenvalue weighted by molar-refractivity contribution is 5.32. The number of para-hydroxylation sites is 1. The first-order chi connectivity index (χ1) is 7.40. The summed E-state index contributed by atoms with van der Waals surface area (Å²) < 4.78 is 10.8. The van der Waals surface area contributed by atoms with Crippen molar-refractivity contribution in [3.8, 4) is 5.75 Å². The molecule has 1 heterocycles. The van der Waals surface area contributed by atoms with Gasteiger partial charge >= 0.3 is 0 Å². The molecule has 0 radical (unpaired) electrons. The summed E-state index contributed by atoms with van der Waals surface area (Å²) in [5.74, 6) is 1.61. The molecule has 0 spiro atoms. The largest absolute Gasteiger partial charge is 0.493 e. The van der Waals surface area contributed by atoms with Gasteiger partial charge in [0.15, 0.2) is 0 Å². The molecule has 0 aromatic heterocycles. The van der Waals surface area contributed by atoms with Crippen LogP contribution in [0.25, 0.3) is 0 Å². The van der Waals surface area contributed by atoms with Gasteiger partial charge in [-0.1, -0.05) is 18.2 Å². The monoisotopic (exact) mass is 207 g/mol. The van der Waals surface area contributed by atoms with Crippen molar-refractivity contribution in [1.82, 2.24) is 0 Å². The van der Waals surface area contributed by atoms with Crippen LogP contribution >= 0.6 is 0 Å². The third kappa shape index (κ3) is 2.70. The molecule has 1 aromatic rings. The Labute approximate surface area is 90.2 Å². The molecule has 0 unspecified atom stereocenters. The topological polar surface area (TPSA) is 44.5 Å². The maximum absolute atomic E-state index is 5.70. The number of hydrogen-bond acceptors (Lipinski definition) is 3. The lowest BCUT2D eigenvalue weighted by molar-refractivity contribution is -0.0401. The molecule has 2 N–H and O–H groups in total. The molecule has 1 fully saturated rings. The van der Waals surface area contributed by atoms with E-state index in [4.69, 9.17) is 15.2 Å². The Morgan fingerprint density at radius 1 is 1.33 bits per heavy atom. The maximum Gasteiger partial charge on any atom is 0.123 e. The van der Waals surface area contributed by atoms with Crippen LogP contribution in [0.15, 0.2) is 24.3 Å². The molecule has 3 nitrogen and oxygen atoms in total. The molecule has 0 saturated carbocycles. The van der Waals surface area contributed by atoms with E-state index in [2.05, 4.69) is 0 Å². The average Bonchev–Trinajstić information content (AvgIpc) is 2.22. The standard InChI is InChI=1S/C12H17NO2/c13-7-11-3-1-2-4-12(11)15-6-5-10-8-14-9-10/h1-4,10H,5-9,13H2. The van der Waals surface area contributed by atoms with Crippen molar-refractivity contribution in [3.63, 3.8) is 0 Å². The number of rotatable bonds is 5. The summed E-state index contributed by atoms with van der Waals surface area (Å²) in [7, 11) is 0. The Kier molecular flexibility index (Phi) is 3.59. The zero-order valence-electron chi connectivity index (χ0n) is 8.82. The van der Waals surface area contributed by atoms with E-state index in [0.717, 1.165) is 37.6 Å². The van der Waals surface area contributed by atoms with Crippen molar-refractivity contribution in [2.75, 3.05) is 19.8 Å². The van der Waals surface area contributed by atoms with Crippen LogP contribution in [0.4, 0.5) is 0 Å². The minimum absolute atomic E-state index is 0.530. The first-order valence-electron chi connectivity index (χ1n) is 5.38. The molecule has 1 aliphatic heterocycles. The molecule has 2 rings (SSSR count). The van der Waals surface area contributed by atoms with Crippen molar-refractivity contribution in [1.29, 1.82) is 0 Å². The normalized spacial score (nSPS) is 16.1. The van der Waals surface area contributed by atoms with E-state index in [1.807, 2.05) is 24.3 Å². The first kappa shape index (κ1) is 10.5. The Hall–Kier alpha value is -1.06. The molecule has 1 saturated heterocycles. The van der Waals surface area contributed by atoms with E-state index in [1.54, 1.807) is 0 Å². The van der Waals surface area contributed by atoms with Gasteiger partial charge in [-0.25, -0.2) is 0 Å². The molecule has 3 heteroatoms. The molecular weight excluding hydrogens is 190 g/mol. The summed E-state index contributed by atoms with van der Waals surface area (Å²) in [6, 6.07) is 7.93. The lowest BCUT2D eigenvalue weighted by Crippen LogP contribution is -2.28. The molecule has 0 amide bonds. The van der Waals surface area contributed by atoms with Gasteiger partial charge in [-0.15, -0.1) is 0 Å². The Morgan fingerprint density at radius 2 is 2.13 bits per heavy atom. The average molecular weight is 207 g/mol. The van der Waals surface area contributed by atoms with E-state index < -0.39 is 0 Å². The van der Waals surface area contributed by atoms with Gasteiger partial charge in [0.2, 0.25) is 0 Å². The minimum Gasteiger partial charge on any atom is -0.493 e. The zero-order chi connectivity index (χ0) is 10.5. The second-order valence-electron chi connectivity index (χ2n) is 3.85. The summed E-state index contributed by atoms with van der Waals surface area (Å²) in [6.45, 7) is 3.07. The summed E-state index contributed by atoms with van der Waals surface area (Å²) in [5.41, 5.74) is 6.69. The Balaban J connectivity index is 1.81. The van der Waals surface area contributed by atoms with Crippen molar-refractivity contribution < 1.29 is 9.47 Å². The molecule has 0 bridgehead atoms. The van der Waals surface area contributed by atoms with Crippen molar-refractivity contribution in [2.45, 2.75) is 13.0 Å². The summed E-state index contributed by atoms with van der Waals surface area (Å²) in [6.07, 6.45) is 1.07. The second kappa shape index (κ2) is 5.14. The van der Waals surface area contributed by atoms with Crippen molar-refractivity contribution in [3.05, 3.63) is 29.8 Å². The van der Waals surface area contributed by atoms with Gasteiger partial charge in [-0.05, 0) is 12.5 Å². The molecule has 1 aromatic carbocycles. The highest BCUT2D eigenvalue weighted by Crippen LogP contribution is 2.19. The van der Waals surface area contributed by atoms with Gasteiger partial charge in [-0.2, -0.15) is 0 Å². The molecule has 82 valence electrons. The third-order valence-electron chi connectivity index (χ3n) is 2.68.